The molecule has 3 rings (SSSR count). The molecule has 0 saturated carbocycles. The summed E-state index contributed by atoms with van der Waals surface area (Å²) in [6, 6.07) is 16.6. The first-order chi connectivity index (χ1) is 12.0. The number of nitrogens with zero attached hydrogens (tertiary/aromatic N) is 1. The summed E-state index contributed by atoms with van der Waals surface area (Å²) in [4.78, 5) is 12.2. The number of hydrogen-bond acceptors (Lipinski definition) is 5. The Labute approximate surface area is 144 Å². The third-order valence-electron chi connectivity index (χ3n) is 3.39. The highest BCUT2D eigenvalue weighted by atomic mass is 32.2. The highest BCUT2D eigenvalue weighted by Crippen LogP contribution is 2.18. The Bertz CT molecular complexity index is 1010. The number of amides is 1. The summed E-state index contributed by atoms with van der Waals surface area (Å²) in [7, 11) is -3.62. The first-order valence-electron chi connectivity index (χ1n) is 7.34. The monoisotopic (exact) mass is 357 g/mol. The van der Waals surface area contributed by atoms with E-state index in [1.165, 1.54) is 12.1 Å². The van der Waals surface area contributed by atoms with Crippen molar-refractivity contribution >= 4 is 32.5 Å². The molecule has 0 aliphatic heterocycles. The molecule has 0 aliphatic carbocycles. The second-order valence-electron chi connectivity index (χ2n) is 5.26. The molecular formula is C17H15N3O4S. The van der Waals surface area contributed by atoms with Gasteiger partial charge in [-0.05, 0) is 24.3 Å². The van der Waals surface area contributed by atoms with Gasteiger partial charge in [0, 0.05) is 5.39 Å². The van der Waals surface area contributed by atoms with E-state index in [9.17, 15) is 13.2 Å². The first kappa shape index (κ1) is 16.7. The van der Waals surface area contributed by atoms with Gasteiger partial charge in [0.25, 0.3) is 0 Å². The molecule has 0 spiro atoms. The van der Waals surface area contributed by atoms with E-state index in [-0.39, 0.29) is 16.5 Å². The van der Waals surface area contributed by atoms with E-state index in [1.54, 1.807) is 42.5 Å². The van der Waals surface area contributed by atoms with Crippen LogP contribution in [0.1, 0.15) is 10.6 Å². The number of fused-ring (bicyclic) bond motifs is 1. The normalized spacial score (nSPS) is 12.2. The van der Waals surface area contributed by atoms with Gasteiger partial charge in [0.2, 0.25) is 0 Å². The van der Waals surface area contributed by atoms with Crippen LogP contribution in [0.3, 0.4) is 0 Å². The topological polar surface area (TPSA) is 115 Å². The fourth-order valence-electron chi connectivity index (χ4n) is 2.21. The molecule has 0 saturated heterocycles. The molecule has 8 heteroatoms. The first-order valence-corrected chi connectivity index (χ1v) is 9.00. The molecule has 1 heterocycles. The lowest BCUT2D eigenvalue weighted by atomic mass is 10.2. The van der Waals surface area contributed by atoms with E-state index < -0.39 is 21.5 Å². The Morgan fingerprint density at radius 1 is 1.08 bits per heavy atom. The minimum absolute atomic E-state index is 0.0590. The number of benzene rings is 2. The number of nitrogens with one attached hydrogen (secondary N) is 1. The highest BCUT2D eigenvalue weighted by molar-refractivity contribution is 7.92. The highest BCUT2D eigenvalue weighted by Gasteiger charge is 2.17. The van der Waals surface area contributed by atoms with Gasteiger partial charge in [0.1, 0.15) is 17.2 Å². The molecule has 0 unspecified atom stereocenters. The van der Waals surface area contributed by atoms with Crippen molar-refractivity contribution in [2.45, 2.75) is 4.90 Å². The van der Waals surface area contributed by atoms with Gasteiger partial charge >= 0.3 is 5.91 Å². The van der Waals surface area contributed by atoms with Crippen molar-refractivity contribution in [3.63, 3.8) is 0 Å². The second-order valence-corrected chi connectivity index (χ2v) is 7.25. The number of rotatable bonds is 5. The molecule has 3 aromatic rings. The van der Waals surface area contributed by atoms with E-state index in [0.29, 0.717) is 5.58 Å². The lowest BCUT2D eigenvalue weighted by Gasteiger charge is -2.04. The summed E-state index contributed by atoms with van der Waals surface area (Å²) in [6.45, 7) is 0. The molecule has 0 bridgehead atoms. The van der Waals surface area contributed by atoms with E-state index in [0.717, 1.165) is 5.39 Å². The predicted molar refractivity (Wildman–Crippen MR) is 93.8 cm³/mol. The maximum absolute atomic E-state index is 12.2. The Hall–Kier alpha value is -3.13. The second kappa shape index (κ2) is 6.78. The fourth-order valence-corrected chi connectivity index (χ4v) is 3.40. The van der Waals surface area contributed by atoms with Crippen LogP contribution in [0, 0.1) is 0 Å². The quantitative estimate of drug-likeness (QED) is 0.411. The minimum atomic E-state index is -3.62. The standard InChI is InChI=1S/C17H15N3O4S/c18-16(11-25(22,23)13-7-2-1-3-8-13)19-20-17(21)15-10-12-6-4-5-9-14(12)24-15/h1-10H,11H2,(H2,18,19)(H,20,21). The Balaban J connectivity index is 1.69. The van der Waals surface area contributed by atoms with Gasteiger partial charge in [-0.1, -0.05) is 36.4 Å². The van der Waals surface area contributed by atoms with Crippen molar-refractivity contribution in [2.75, 3.05) is 5.75 Å². The zero-order valence-electron chi connectivity index (χ0n) is 13.0. The Kier molecular flexibility index (Phi) is 4.53. The third kappa shape index (κ3) is 3.86. The van der Waals surface area contributed by atoms with Gasteiger partial charge in [-0.3, -0.25) is 4.79 Å². The van der Waals surface area contributed by atoms with E-state index in [2.05, 4.69) is 10.5 Å². The van der Waals surface area contributed by atoms with Gasteiger partial charge in [-0.15, -0.1) is 0 Å². The maximum Gasteiger partial charge on any atom is 0.307 e. The molecule has 2 aromatic carbocycles. The molecule has 0 fully saturated rings. The number of hydrazone groups is 1. The minimum Gasteiger partial charge on any atom is -0.451 e. The zero-order valence-corrected chi connectivity index (χ0v) is 13.9. The molecule has 0 radical (unpaired) electrons. The summed E-state index contributed by atoms with van der Waals surface area (Å²) in [5, 5.41) is 4.41. The van der Waals surface area contributed by atoms with Crippen molar-refractivity contribution in [2.24, 2.45) is 10.8 Å². The van der Waals surface area contributed by atoms with E-state index in [1.807, 2.05) is 6.07 Å². The van der Waals surface area contributed by atoms with Gasteiger partial charge in [-0.2, -0.15) is 5.10 Å². The van der Waals surface area contributed by atoms with E-state index in [4.69, 9.17) is 10.2 Å². The predicted octanol–water partition coefficient (Wildman–Crippen LogP) is 1.91. The lowest BCUT2D eigenvalue weighted by molar-refractivity contribution is 0.0929. The lowest BCUT2D eigenvalue weighted by Crippen LogP contribution is -2.28. The van der Waals surface area contributed by atoms with Crippen LogP contribution in [0.5, 0.6) is 0 Å². The summed E-state index contributed by atoms with van der Waals surface area (Å²) in [5.74, 6) is -1.29. The van der Waals surface area contributed by atoms with Crippen LogP contribution in [0.2, 0.25) is 0 Å². The SMILES string of the molecule is NC(CS(=O)(=O)c1ccccc1)=NNC(=O)c1cc2ccccc2o1. The number of furan rings is 1. The average molecular weight is 357 g/mol. The Morgan fingerprint density at radius 2 is 1.76 bits per heavy atom. The number of nitrogens with two attached hydrogens (primary N) is 1. The average Bonchev–Trinajstić information content (AvgIpc) is 3.04. The number of amidine groups is 1. The van der Waals surface area contributed by atoms with Crippen LogP contribution >= 0.6 is 0 Å². The van der Waals surface area contributed by atoms with Gasteiger partial charge in [0.05, 0.1) is 4.90 Å². The van der Waals surface area contributed by atoms with Crippen LogP contribution in [0.25, 0.3) is 11.0 Å². The number of para-hydroxylation sites is 1. The molecular weight excluding hydrogens is 342 g/mol. The molecule has 0 atom stereocenters. The van der Waals surface area contributed by atoms with Gasteiger partial charge < -0.3 is 10.2 Å². The van der Waals surface area contributed by atoms with Crippen molar-refractivity contribution in [3.8, 4) is 0 Å². The van der Waals surface area contributed by atoms with Crippen LogP contribution in [0.15, 0.2) is 75.1 Å². The number of hydrogen-bond donors (Lipinski definition) is 2. The van der Waals surface area contributed by atoms with E-state index >= 15 is 0 Å². The molecule has 0 aliphatic rings. The molecule has 25 heavy (non-hydrogen) atoms. The summed E-state index contributed by atoms with van der Waals surface area (Å²) >= 11 is 0. The van der Waals surface area contributed by atoms with Crippen LogP contribution in [-0.2, 0) is 9.84 Å². The number of carbonyl (C=O) groups is 1. The zero-order chi connectivity index (χ0) is 17.9. The van der Waals surface area contributed by atoms with Crippen LogP contribution < -0.4 is 11.2 Å². The summed E-state index contributed by atoms with van der Waals surface area (Å²) < 4.78 is 29.8. The molecule has 1 aromatic heterocycles. The molecule has 7 nitrogen and oxygen atoms in total. The number of sulfone groups is 1. The smallest absolute Gasteiger partial charge is 0.307 e. The van der Waals surface area contributed by atoms with Crippen molar-refractivity contribution in [1.82, 2.24) is 5.43 Å². The van der Waals surface area contributed by atoms with Crippen LogP contribution in [-0.4, -0.2) is 25.9 Å². The largest absolute Gasteiger partial charge is 0.451 e. The maximum atomic E-state index is 12.2. The van der Waals surface area contributed by atoms with Gasteiger partial charge in [-0.25, -0.2) is 13.8 Å². The molecule has 1 amide bonds. The molecule has 3 N–H and O–H groups in total. The Morgan fingerprint density at radius 3 is 2.48 bits per heavy atom. The molecule has 128 valence electrons. The summed E-state index contributed by atoms with van der Waals surface area (Å²) in [6.07, 6.45) is 0. The third-order valence-corrected chi connectivity index (χ3v) is 5.06. The van der Waals surface area contributed by atoms with Crippen molar-refractivity contribution < 1.29 is 17.6 Å². The van der Waals surface area contributed by atoms with Crippen LogP contribution in [0.4, 0.5) is 0 Å². The van der Waals surface area contributed by atoms with Crippen molar-refractivity contribution in [3.05, 3.63) is 66.4 Å². The summed E-state index contributed by atoms with van der Waals surface area (Å²) in [5.41, 5.74) is 8.39. The van der Waals surface area contributed by atoms with Gasteiger partial charge in [0.15, 0.2) is 15.6 Å². The fraction of sp³-hybridized carbons (Fsp3) is 0.0588. The van der Waals surface area contributed by atoms with Crippen molar-refractivity contribution in [1.29, 1.82) is 0 Å². The number of carbonyl (C=O) groups excluding carboxylic acids is 1.